The number of rotatable bonds is 6. The van der Waals surface area contributed by atoms with E-state index in [0.717, 1.165) is 40.8 Å². The molecule has 0 aliphatic carbocycles. The molecule has 2 fully saturated rings. The molecule has 3 aliphatic rings. The number of benzene rings is 2. The number of hydrogen-bond donors (Lipinski definition) is 2. The fourth-order valence-electron chi connectivity index (χ4n) is 5.95. The van der Waals surface area contributed by atoms with Crippen molar-refractivity contribution in [2.24, 2.45) is 5.73 Å². The average Bonchev–Trinajstić information content (AvgIpc) is 3.26. The van der Waals surface area contributed by atoms with Gasteiger partial charge in [-0.1, -0.05) is 0 Å². The number of amides is 1. The third kappa shape index (κ3) is 5.17. The normalized spacial score (nSPS) is 21.6. The van der Waals surface area contributed by atoms with Crippen molar-refractivity contribution in [2.75, 3.05) is 44.2 Å². The second-order valence-electron chi connectivity index (χ2n) is 11.7. The molecule has 0 radical (unpaired) electrons. The molecule has 11 heteroatoms. The predicted octanol–water partition coefficient (Wildman–Crippen LogP) is 3.33. The van der Waals surface area contributed by atoms with Gasteiger partial charge in [0.05, 0.1) is 11.4 Å². The van der Waals surface area contributed by atoms with Gasteiger partial charge in [0.1, 0.15) is 23.3 Å². The van der Waals surface area contributed by atoms with Crippen LogP contribution in [0, 0.1) is 26.2 Å². The van der Waals surface area contributed by atoms with Gasteiger partial charge in [-0.05, 0) is 94.0 Å². The van der Waals surface area contributed by atoms with Crippen molar-refractivity contribution >= 4 is 27.6 Å². The van der Waals surface area contributed by atoms with E-state index >= 15 is 0 Å². The molecule has 2 aromatic rings. The number of piperazine rings is 1. The Bertz CT molecular complexity index is 1450. The summed E-state index contributed by atoms with van der Waals surface area (Å²) in [6, 6.07) is 6.92. The highest BCUT2D eigenvalue weighted by Crippen LogP contribution is 2.42. The topological polar surface area (TPSA) is 129 Å². The zero-order valence-corrected chi connectivity index (χ0v) is 24.7. The number of carbonyl (C=O) groups excluding carboxylic acids is 1. The van der Waals surface area contributed by atoms with Crippen molar-refractivity contribution in [1.29, 1.82) is 5.41 Å². The van der Waals surface area contributed by atoms with Crippen LogP contribution in [-0.4, -0.2) is 80.5 Å². The van der Waals surface area contributed by atoms with E-state index in [4.69, 9.17) is 20.6 Å². The Morgan fingerprint density at radius 3 is 2.33 bits per heavy atom. The van der Waals surface area contributed by atoms with Crippen molar-refractivity contribution in [3.05, 3.63) is 52.1 Å². The van der Waals surface area contributed by atoms with E-state index in [2.05, 4.69) is 18.7 Å². The van der Waals surface area contributed by atoms with E-state index < -0.39 is 16.1 Å². The molecule has 40 heavy (non-hydrogen) atoms. The monoisotopic (exact) mass is 569 g/mol. The molecular weight excluding hydrogens is 530 g/mol. The number of sulfonamides is 1. The largest absolute Gasteiger partial charge is 0.487 e. The van der Waals surface area contributed by atoms with Gasteiger partial charge in [-0.3, -0.25) is 15.2 Å². The smallest absolute Gasteiger partial charge is 0.414 e. The van der Waals surface area contributed by atoms with Crippen LogP contribution in [0.1, 0.15) is 48.1 Å². The van der Waals surface area contributed by atoms with Crippen molar-refractivity contribution in [2.45, 2.75) is 64.1 Å². The van der Waals surface area contributed by atoms with E-state index in [1.807, 2.05) is 20.8 Å². The Labute approximate surface area is 236 Å². The van der Waals surface area contributed by atoms with Crippen LogP contribution in [0.4, 0.5) is 10.5 Å². The number of amidine groups is 1. The number of nitrogens with zero attached hydrogens (tertiary/aromatic N) is 3. The highest BCUT2D eigenvalue weighted by Gasteiger charge is 2.38. The summed E-state index contributed by atoms with van der Waals surface area (Å²) in [5, 5.41) is 7.53. The molecule has 1 unspecified atom stereocenters. The van der Waals surface area contributed by atoms with Crippen LogP contribution in [0.2, 0.25) is 0 Å². The molecule has 3 aliphatic heterocycles. The zero-order chi connectivity index (χ0) is 29.0. The number of carbonyl (C=O) groups is 1. The summed E-state index contributed by atoms with van der Waals surface area (Å²) in [7, 11) is -3.69. The number of anilines is 1. The van der Waals surface area contributed by atoms with E-state index in [1.54, 1.807) is 33.5 Å². The van der Waals surface area contributed by atoms with E-state index in [1.165, 1.54) is 0 Å². The van der Waals surface area contributed by atoms with Gasteiger partial charge in [0, 0.05) is 44.0 Å². The minimum absolute atomic E-state index is 0.0280. The Balaban J connectivity index is 1.24. The number of nitrogens with two attached hydrogens (primary N) is 1. The van der Waals surface area contributed by atoms with Crippen molar-refractivity contribution < 1.29 is 22.7 Å². The van der Waals surface area contributed by atoms with Crippen LogP contribution >= 0.6 is 0 Å². The van der Waals surface area contributed by atoms with Gasteiger partial charge < -0.3 is 15.2 Å². The standard InChI is InChI=1S/C29H39N5O5S/c1-18-19(2)26(20(3)24-10-11-29(4,5)39-25(18)24)40(36,37)33-14-12-32(13-15-33)16-23-17-34(28(35)38-23)22-8-6-21(7-9-22)27(30)31/h6-9,23H,10-17H2,1-5H3,(H3,30,31). The maximum atomic E-state index is 13.9. The number of nitrogen functional groups attached to an aromatic ring is 1. The van der Waals surface area contributed by atoms with E-state index in [0.29, 0.717) is 55.4 Å². The third-order valence-corrected chi connectivity index (χ3v) is 10.6. The molecule has 1 amide bonds. The molecule has 3 heterocycles. The SMILES string of the molecule is Cc1c(C)c(S(=O)(=O)N2CCN(CC3CN(c4ccc(C(=N)N)cc4)C(=O)O3)CC2)c(C)c2c1OC(C)(C)CC2. The lowest BCUT2D eigenvalue weighted by atomic mass is 9.88. The first kappa shape index (κ1) is 28.4. The predicted molar refractivity (Wildman–Crippen MR) is 154 cm³/mol. The summed E-state index contributed by atoms with van der Waals surface area (Å²) < 4.78 is 41.3. The minimum atomic E-state index is -3.69. The first-order valence-corrected chi connectivity index (χ1v) is 15.2. The molecule has 0 saturated carbocycles. The van der Waals surface area contributed by atoms with Gasteiger partial charge in [0.25, 0.3) is 0 Å². The molecule has 5 rings (SSSR count). The van der Waals surface area contributed by atoms with Gasteiger partial charge in [-0.15, -0.1) is 0 Å². The summed E-state index contributed by atoms with van der Waals surface area (Å²) >= 11 is 0. The zero-order valence-electron chi connectivity index (χ0n) is 23.9. The lowest BCUT2D eigenvalue weighted by molar-refractivity contribution is 0.0831. The van der Waals surface area contributed by atoms with Crippen molar-refractivity contribution in [3.8, 4) is 5.75 Å². The lowest BCUT2D eigenvalue weighted by Crippen LogP contribution is -2.51. The van der Waals surface area contributed by atoms with Gasteiger partial charge in [0.2, 0.25) is 10.0 Å². The third-order valence-electron chi connectivity index (χ3n) is 8.42. The Morgan fingerprint density at radius 2 is 1.70 bits per heavy atom. The second-order valence-corrected chi connectivity index (χ2v) is 13.5. The van der Waals surface area contributed by atoms with E-state index in [9.17, 15) is 13.2 Å². The summed E-state index contributed by atoms with van der Waals surface area (Å²) in [5.74, 6) is 0.810. The van der Waals surface area contributed by atoms with Crippen LogP contribution < -0.4 is 15.4 Å². The van der Waals surface area contributed by atoms with Crippen LogP contribution in [0.25, 0.3) is 0 Å². The molecule has 2 saturated heterocycles. The molecular formula is C29H39N5O5S. The van der Waals surface area contributed by atoms with E-state index in [-0.39, 0.29) is 17.5 Å². The minimum Gasteiger partial charge on any atom is -0.487 e. The molecule has 3 N–H and O–H groups in total. The summed E-state index contributed by atoms with van der Waals surface area (Å²) in [4.78, 5) is 16.7. The number of cyclic esters (lactones) is 1. The maximum Gasteiger partial charge on any atom is 0.414 e. The summed E-state index contributed by atoms with van der Waals surface area (Å²) in [6.07, 6.45) is 0.904. The number of nitrogens with one attached hydrogen (secondary N) is 1. The Kier molecular flexibility index (Phi) is 7.35. The second kappa shape index (κ2) is 10.4. The van der Waals surface area contributed by atoms with Gasteiger partial charge in [-0.25, -0.2) is 13.2 Å². The highest BCUT2D eigenvalue weighted by molar-refractivity contribution is 7.89. The molecule has 1 atom stereocenters. The first-order chi connectivity index (χ1) is 18.8. The number of hydrogen-bond acceptors (Lipinski definition) is 7. The number of ether oxygens (including phenoxy) is 2. The lowest BCUT2D eigenvalue weighted by Gasteiger charge is -2.37. The molecule has 10 nitrogen and oxygen atoms in total. The molecule has 0 aromatic heterocycles. The van der Waals surface area contributed by atoms with Gasteiger partial charge in [-0.2, -0.15) is 4.31 Å². The Hall–Kier alpha value is -3.15. The quantitative estimate of drug-likeness (QED) is 0.403. The van der Waals surface area contributed by atoms with Crippen LogP contribution in [-0.2, 0) is 21.2 Å². The molecule has 0 spiro atoms. The average molecular weight is 570 g/mol. The van der Waals surface area contributed by atoms with Crippen LogP contribution in [0.5, 0.6) is 5.75 Å². The maximum absolute atomic E-state index is 13.9. The van der Waals surface area contributed by atoms with Gasteiger partial charge in [0.15, 0.2) is 0 Å². The molecule has 0 bridgehead atoms. The fraction of sp³-hybridized carbons (Fsp3) is 0.517. The van der Waals surface area contributed by atoms with Crippen LogP contribution in [0.15, 0.2) is 29.2 Å². The highest BCUT2D eigenvalue weighted by atomic mass is 32.2. The fourth-order valence-corrected chi connectivity index (χ4v) is 7.91. The van der Waals surface area contributed by atoms with Gasteiger partial charge >= 0.3 is 6.09 Å². The molecule has 2 aromatic carbocycles. The summed E-state index contributed by atoms with van der Waals surface area (Å²) in [5.41, 5.74) is 9.99. The first-order valence-electron chi connectivity index (χ1n) is 13.8. The van der Waals surface area contributed by atoms with Crippen molar-refractivity contribution in [3.63, 3.8) is 0 Å². The summed E-state index contributed by atoms with van der Waals surface area (Å²) in [6.45, 7) is 12.7. The molecule has 216 valence electrons. The van der Waals surface area contributed by atoms with Crippen LogP contribution in [0.3, 0.4) is 0 Å². The van der Waals surface area contributed by atoms with Crippen molar-refractivity contribution in [1.82, 2.24) is 9.21 Å². The Morgan fingerprint density at radius 1 is 1.05 bits per heavy atom. The number of fused-ring (bicyclic) bond motifs is 1.